The van der Waals surface area contributed by atoms with Crippen LogP contribution in [0, 0.1) is 12.8 Å². The molecule has 2 fully saturated rings. The van der Waals surface area contributed by atoms with E-state index in [9.17, 15) is 9.90 Å². The van der Waals surface area contributed by atoms with Crippen LogP contribution in [0.4, 0.5) is 10.5 Å². The van der Waals surface area contributed by atoms with Gasteiger partial charge in [-0.2, -0.15) is 0 Å². The molecular weight excluding hydrogens is 339 g/mol. The number of aliphatic hydroxyl groups is 1. The third-order valence-electron chi connectivity index (χ3n) is 6.40. The van der Waals surface area contributed by atoms with Gasteiger partial charge in [0.25, 0.3) is 0 Å². The van der Waals surface area contributed by atoms with Crippen molar-refractivity contribution in [2.24, 2.45) is 5.92 Å². The molecule has 2 N–H and O–H groups in total. The van der Waals surface area contributed by atoms with Crippen molar-refractivity contribution in [2.45, 2.75) is 84.1 Å². The van der Waals surface area contributed by atoms with E-state index in [-0.39, 0.29) is 7.46 Å². The molecule has 5 nitrogen and oxygen atoms in total. The molecule has 0 aliphatic carbocycles. The number of piperidine rings is 1. The summed E-state index contributed by atoms with van der Waals surface area (Å²) >= 11 is 0. The van der Waals surface area contributed by atoms with Crippen LogP contribution in [0.1, 0.15) is 60.9 Å². The van der Waals surface area contributed by atoms with Gasteiger partial charge in [-0.1, -0.05) is 18.6 Å². The van der Waals surface area contributed by atoms with Crippen LogP contribution >= 0.6 is 0 Å². The third-order valence-corrected chi connectivity index (χ3v) is 6.40. The zero-order valence-corrected chi connectivity index (χ0v) is 17.4. The number of carbonyl (C=O) groups excluding carboxylic acids is 1. The number of amides is 2. The minimum absolute atomic E-state index is 0. The lowest BCUT2D eigenvalue weighted by Gasteiger charge is -2.54. The highest BCUT2D eigenvalue weighted by Gasteiger charge is 2.46. The number of nitrogens with zero attached hydrogens (tertiary/aromatic N) is 1. The van der Waals surface area contributed by atoms with Gasteiger partial charge in [-0.3, -0.25) is 0 Å². The number of anilines is 1. The van der Waals surface area contributed by atoms with Crippen molar-refractivity contribution in [3.05, 3.63) is 23.8 Å². The molecule has 2 aliphatic rings. The standard InChI is InChI=1S/C21H32BN2O3.H2/c1-13-9-16-12-17(10-13)24(16)19(25)23-15-8-7-14(2)18(11-15)22-27-21(5,6)20(3,4)26;/h7-8,11,13,16-17,26H,9-10,12H2,1-6H3,(H,23,25);1H/t13?,16-,17?;/m1./s1. The summed E-state index contributed by atoms with van der Waals surface area (Å²) in [6.07, 6.45) is 3.36. The van der Waals surface area contributed by atoms with Gasteiger partial charge in [-0.25, -0.2) is 4.79 Å². The molecule has 6 heteroatoms. The van der Waals surface area contributed by atoms with Gasteiger partial charge in [0.15, 0.2) is 0 Å². The second-order valence-corrected chi connectivity index (χ2v) is 9.33. The first-order valence-electron chi connectivity index (χ1n) is 9.91. The Hall–Kier alpha value is -1.53. The Labute approximate surface area is 165 Å². The summed E-state index contributed by atoms with van der Waals surface area (Å²) < 4.78 is 5.87. The lowest BCUT2D eigenvalue weighted by molar-refractivity contribution is -0.0893. The fourth-order valence-corrected chi connectivity index (χ4v) is 3.87. The normalized spacial score (nSPS) is 25.0. The molecule has 2 amide bonds. The average molecular weight is 373 g/mol. The lowest BCUT2D eigenvalue weighted by Crippen LogP contribution is -2.63. The lowest BCUT2D eigenvalue weighted by atomic mass is 9.74. The second-order valence-electron chi connectivity index (χ2n) is 9.33. The van der Waals surface area contributed by atoms with Gasteiger partial charge in [-0.15, -0.1) is 0 Å². The summed E-state index contributed by atoms with van der Waals surface area (Å²) in [5.74, 6) is 0.717. The Morgan fingerprint density at radius 2 is 1.89 bits per heavy atom. The summed E-state index contributed by atoms with van der Waals surface area (Å²) in [4.78, 5) is 14.7. The largest absolute Gasteiger partial charge is 0.427 e. The summed E-state index contributed by atoms with van der Waals surface area (Å²) in [7, 11) is 1.67. The SMILES string of the molecule is Cc1ccc(NC(=O)N2C3CC(C)C[C@@H]2C3)cc1[B]OC(C)(C)C(C)(C)O.[HH]. The number of benzene rings is 1. The molecule has 1 radical (unpaired) electrons. The predicted molar refractivity (Wildman–Crippen MR) is 112 cm³/mol. The maximum atomic E-state index is 12.7. The van der Waals surface area contributed by atoms with Gasteiger partial charge in [0.1, 0.15) is 0 Å². The number of carbonyl (C=O) groups is 1. The first-order chi connectivity index (χ1) is 12.5. The number of nitrogens with one attached hydrogen (secondary N) is 1. The molecule has 2 bridgehead atoms. The maximum absolute atomic E-state index is 12.7. The molecule has 0 spiro atoms. The number of aryl methyl sites for hydroxylation is 1. The van der Waals surface area contributed by atoms with E-state index in [0.29, 0.717) is 12.1 Å². The fourth-order valence-electron chi connectivity index (χ4n) is 3.87. The van der Waals surface area contributed by atoms with Crippen LogP contribution in [0.2, 0.25) is 0 Å². The highest BCUT2D eigenvalue weighted by molar-refractivity contribution is 6.48. The van der Waals surface area contributed by atoms with Gasteiger partial charge < -0.3 is 20.0 Å². The van der Waals surface area contributed by atoms with Crippen molar-refractivity contribution in [1.82, 2.24) is 4.90 Å². The molecule has 149 valence electrons. The third kappa shape index (κ3) is 4.17. The van der Waals surface area contributed by atoms with Crippen LogP contribution in [-0.2, 0) is 4.65 Å². The van der Waals surface area contributed by atoms with Gasteiger partial charge in [-0.05, 0) is 77.4 Å². The van der Waals surface area contributed by atoms with Crippen LogP contribution < -0.4 is 10.8 Å². The molecule has 1 aromatic carbocycles. The second kappa shape index (κ2) is 7.14. The van der Waals surface area contributed by atoms with Crippen molar-refractivity contribution < 1.29 is 16.0 Å². The Morgan fingerprint density at radius 3 is 2.48 bits per heavy atom. The summed E-state index contributed by atoms with van der Waals surface area (Å²) in [5.41, 5.74) is 0.997. The zero-order chi connectivity index (χ0) is 20.0. The number of hydrogen-bond donors (Lipinski definition) is 2. The first kappa shape index (κ1) is 20.2. The molecule has 0 aromatic heterocycles. The van der Waals surface area contributed by atoms with Crippen LogP contribution in [0.15, 0.2) is 18.2 Å². The minimum atomic E-state index is -0.977. The van der Waals surface area contributed by atoms with E-state index in [1.807, 2.05) is 43.9 Å². The number of rotatable bonds is 5. The minimum Gasteiger partial charge on any atom is -0.427 e. The van der Waals surface area contributed by atoms with Crippen molar-refractivity contribution in [3.63, 3.8) is 0 Å². The van der Waals surface area contributed by atoms with Crippen LogP contribution in [-0.4, -0.2) is 46.8 Å². The van der Waals surface area contributed by atoms with E-state index in [1.54, 1.807) is 21.3 Å². The van der Waals surface area contributed by atoms with Crippen LogP contribution in [0.3, 0.4) is 0 Å². The van der Waals surface area contributed by atoms with E-state index >= 15 is 0 Å². The molecular formula is C21H34BN2O3. The van der Waals surface area contributed by atoms with Crippen LogP contribution in [0.5, 0.6) is 0 Å². The predicted octanol–water partition coefficient (Wildman–Crippen LogP) is 3.46. The Morgan fingerprint density at radius 1 is 1.26 bits per heavy atom. The van der Waals surface area contributed by atoms with E-state index in [2.05, 4.69) is 12.2 Å². The molecule has 27 heavy (non-hydrogen) atoms. The monoisotopic (exact) mass is 373 g/mol. The molecule has 2 aliphatic heterocycles. The Bertz CT molecular complexity index is 708. The Kier molecular flexibility index (Phi) is 5.34. The van der Waals surface area contributed by atoms with E-state index < -0.39 is 11.2 Å². The van der Waals surface area contributed by atoms with Crippen LogP contribution in [0.25, 0.3) is 0 Å². The zero-order valence-electron chi connectivity index (χ0n) is 17.4. The molecule has 3 atom stereocenters. The average Bonchev–Trinajstić information content (AvgIpc) is 2.53. The van der Waals surface area contributed by atoms with Gasteiger partial charge >= 0.3 is 13.5 Å². The summed E-state index contributed by atoms with van der Waals surface area (Å²) in [5, 5.41) is 13.3. The van der Waals surface area contributed by atoms with Gasteiger partial charge in [0, 0.05) is 19.2 Å². The fraction of sp³-hybridized carbons (Fsp3) is 0.667. The molecule has 3 rings (SSSR count). The summed E-state index contributed by atoms with van der Waals surface area (Å²) in [6.45, 7) is 11.4. The molecule has 1 aromatic rings. The van der Waals surface area contributed by atoms with Crippen molar-refractivity contribution in [3.8, 4) is 0 Å². The number of hydrogen-bond acceptors (Lipinski definition) is 3. The van der Waals surface area contributed by atoms with E-state index in [1.165, 1.54) is 0 Å². The number of fused-ring (bicyclic) bond motifs is 2. The van der Waals surface area contributed by atoms with Gasteiger partial charge in [0.2, 0.25) is 0 Å². The molecule has 2 saturated heterocycles. The number of urea groups is 1. The van der Waals surface area contributed by atoms with E-state index in [0.717, 1.165) is 41.9 Å². The maximum Gasteiger partial charge on any atom is 0.331 e. The molecule has 2 heterocycles. The summed E-state index contributed by atoms with van der Waals surface area (Å²) in [6, 6.07) is 6.60. The van der Waals surface area contributed by atoms with Crippen molar-refractivity contribution >= 4 is 24.7 Å². The highest BCUT2D eigenvalue weighted by Crippen LogP contribution is 2.41. The topological polar surface area (TPSA) is 61.8 Å². The molecule has 0 saturated carbocycles. The quantitative estimate of drug-likeness (QED) is 0.777. The van der Waals surface area contributed by atoms with E-state index in [4.69, 9.17) is 4.65 Å². The first-order valence-corrected chi connectivity index (χ1v) is 9.91. The Balaban J connectivity index is 0.00000280. The van der Waals surface area contributed by atoms with Crippen molar-refractivity contribution in [2.75, 3.05) is 5.32 Å². The van der Waals surface area contributed by atoms with Gasteiger partial charge in [0.05, 0.1) is 11.2 Å². The smallest absolute Gasteiger partial charge is 0.331 e. The molecule has 2 unspecified atom stereocenters. The highest BCUT2D eigenvalue weighted by atomic mass is 16.5. The van der Waals surface area contributed by atoms with Crippen molar-refractivity contribution in [1.29, 1.82) is 0 Å².